The van der Waals surface area contributed by atoms with E-state index in [1.807, 2.05) is 45.2 Å². The van der Waals surface area contributed by atoms with Gasteiger partial charge in [0.15, 0.2) is 0 Å². The lowest BCUT2D eigenvalue weighted by Crippen LogP contribution is -2.06. The van der Waals surface area contributed by atoms with Crippen LogP contribution >= 0.6 is 11.3 Å². The maximum absolute atomic E-state index is 12.4. The SMILES string of the molecule is CCOc1cc(C)c(C(=O)c2csc(C)n2)cc1C. The van der Waals surface area contributed by atoms with Crippen LogP contribution in [0.15, 0.2) is 17.5 Å². The third-order valence-electron chi connectivity index (χ3n) is 2.92. The number of thiazole rings is 1. The number of nitrogens with zero attached hydrogens (tertiary/aromatic N) is 1. The number of ether oxygens (including phenoxy) is 1. The van der Waals surface area contributed by atoms with Crippen molar-refractivity contribution >= 4 is 17.1 Å². The Hall–Kier alpha value is -1.68. The van der Waals surface area contributed by atoms with Gasteiger partial charge in [0.1, 0.15) is 11.4 Å². The molecule has 0 N–H and O–H groups in total. The fraction of sp³-hybridized carbons (Fsp3) is 0.333. The predicted octanol–water partition coefficient (Wildman–Crippen LogP) is 3.70. The predicted molar refractivity (Wildman–Crippen MR) is 77.4 cm³/mol. The van der Waals surface area contributed by atoms with Gasteiger partial charge in [-0.15, -0.1) is 11.3 Å². The summed E-state index contributed by atoms with van der Waals surface area (Å²) in [6.45, 7) is 8.35. The van der Waals surface area contributed by atoms with E-state index in [-0.39, 0.29) is 5.78 Å². The number of hydrogen-bond donors (Lipinski definition) is 0. The van der Waals surface area contributed by atoms with Crippen molar-refractivity contribution in [3.8, 4) is 5.75 Å². The Balaban J connectivity index is 2.40. The van der Waals surface area contributed by atoms with Crippen LogP contribution in [-0.4, -0.2) is 17.4 Å². The molecule has 0 fully saturated rings. The first-order valence-electron chi connectivity index (χ1n) is 6.23. The first kappa shape index (κ1) is 13.7. The number of hydrogen-bond acceptors (Lipinski definition) is 4. The average Bonchev–Trinajstić information content (AvgIpc) is 2.79. The third-order valence-corrected chi connectivity index (χ3v) is 3.69. The lowest BCUT2D eigenvalue weighted by atomic mass is 10.00. The number of benzene rings is 1. The fourth-order valence-corrected chi connectivity index (χ4v) is 2.54. The summed E-state index contributed by atoms with van der Waals surface area (Å²) in [5.41, 5.74) is 3.12. The van der Waals surface area contributed by atoms with E-state index in [0.29, 0.717) is 17.9 Å². The summed E-state index contributed by atoms with van der Waals surface area (Å²) in [7, 11) is 0. The molecular formula is C15H17NO2S. The van der Waals surface area contributed by atoms with Crippen molar-refractivity contribution in [3.63, 3.8) is 0 Å². The molecule has 0 aliphatic heterocycles. The molecule has 2 aromatic rings. The number of rotatable bonds is 4. The van der Waals surface area contributed by atoms with E-state index >= 15 is 0 Å². The molecule has 0 spiro atoms. The maximum Gasteiger partial charge on any atom is 0.212 e. The quantitative estimate of drug-likeness (QED) is 0.799. The Bertz CT molecular complexity index is 617. The zero-order chi connectivity index (χ0) is 14.0. The molecule has 1 aromatic heterocycles. The van der Waals surface area contributed by atoms with Crippen molar-refractivity contribution in [2.24, 2.45) is 0 Å². The largest absolute Gasteiger partial charge is 0.494 e. The molecule has 0 amide bonds. The van der Waals surface area contributed by atoms with Crippen molar-refractivity contribution in [1.29, 1.82) is 0 Å². The molecule has 0 radical (unpaired) electrons. The minimum atomic E-state index is -0.0204. The van der Waals surface area contributed by atoms with Crippen LogP contribution in [0.5, 0.6) is 5.75 Å². The van der Waals surface area contributed by atoms with Gasteiger partial charge in [0, 0.05) is 10.9 Å². The lowest BCUT2D eigenvalue weighted by molar-refractivity contribution is 0.103. The van der Waals surface area contributed by atoms with Crippen molar-refractivity contribution in [3.05, 3.63) is 44.9 Å². The van der Waals surface area contributed by atoms with Gasteiger partial charge in [-0.2, -0.15) is 0 Å². The highest BCUT2D eigenvalue weighted by molar-refractivity contribution is 7.09. The van der Waals surface area contributed by atoms with Crippen molar-refractivity contribution < 1.29 is 9.53 Å². The third kappa shape index (κ3) is 2.84. The Labute approximate surface area is 117 Å². The standard InChI is InChI=1S/C15H17NO2S/c1-5-18-14-7-9(2)12(6-10(14)3)15(17)13-8-19-11(4)16-13/h6-8H,5H2,1-4H3. The number of carbonyl (C=O) groups excluding carboxylic acids is 1. The molecule has 3 nitrogen and oxygen atoms in total. The molecule has 0 bridgehead atoms. The second-order valence-corrected chi connectivity index (χ2v) is 5.51. The summed E-state index contributed by atoms with van der Waals surface area (Å²) in [5.74, 6) is 0.819. The molecule has 100 valence electrons. The zero-order valence-electron chi connectivity index (χ0n) is 11.6. The van der Waals surface area contributed by atoms with Crippen LogP contribution in [0.25, 0.3) is 0 Å². The number of aryl methyl sites for hydroxylation is 3. The summed E-state index contributed by atoms with van der Waals surface area (Å²) in [4.78, 5) is 16.7. The van der Waals surface area contributed by atoms with E-state index in [4.69, 9.17) is 4.74 Å². The van der Waals surface area contributed by atoms with Gasteiger partial charge in [-0.25, -0.2) is 4.98 Å². The van der Waals surface area contributed by atoms with Crippen LogP contribution in [0.2, 0.25) is 0 Å². The van der Waals surface area contributed by atoms with E-state index in [2.05, 4.69) is 4.98 Å². The van der Waals surface area contributed by atoms with Gasteiger partial charge >= 0.3 is 0 Å². The average molecular weight is 275 g/mol. The number of aromatic nitrogens is 1. The van der Waals surface area contributed by atoms with Gasteiger partial charge in [0.2, 0.25) is 5.78 Å². The maximum atomic E-state index is 12.4. The highest BCUT2D eigenvalue weighted by atomic mass is 32.1. The Kier molecular flexibility index (Phi) is 4.00. The monoisotopic (exact) mass is 275 g/mol. The van der Waals surface area contributed by atoms with Gasteiger partial charge in [-0.1, -0.05) is 0 Å². The molecule has 1 heterocycles. The molecule has 2 rings (SSSR count). The summed E-state index contributed by atoms with van der Waals surface area (Å²) in [6.07, 6.45) is 0. The summed E-state index contributed by atoms with van der Waals surface area (Å²) >= 11 is 1.49. The summed E-state index contributed by atoms with van der Waals surface area (Å²) in [6, 6.07) is 3.81. The molecule has 19 heavy (non-hydrogen) atoms. The Morgan fingerprint density at radius 2 is 2.00 bits per heavy atom. The number of ketones is 1. The molecule has 0 aliphatic rings. The van der Waals surface area contributed by atoms with Gasteiger partial charge in [-0.05, 0) is 51.0 Å². The van der Waals surface area contributed by atoms with E-state index in [1.54, 1.807) is 0 Å². The lowest BCUT2D eigenvalue weighted by Gasteiger charge is -2.11. The molecule has 1 aromatic carbocycles. The van der Waals surface area contributed by atoms with Crippen molar-refractivity contribution in [2.75, 3.05) is 6.61 Å². The van der Waals surface area contributed by atoms with E-state index in [9.17, 15) is 4.79 Å². The molecule has 0 saturated carbocycles. The van der Waals surface area contributed by atoms with E-state index < -0.39 is 0 Å². The normalized spacial score (nSPS) is 10.5. The Morgan fingerprint density at radius 3 is 2.58 bits per heavy atom. The second-order valence-electron chi connectivity index (χ2n) is 4.45. The van der Waals surface area contributed by atoms with Crippen LogP contribution in [0.1, 0.15) is 39.1 Å². The highest BCUT2D eigenvalue weighted by Gasteiger charge is 2.16. The minimum absolute atomic E-state index is 0.0204. The van der Waals surface area contributed by atoms with E-state index in [0.717, 1.165) is 21.9 Å². The van der Waals surface area contributed by atoms with Crippen LogP contribution < -0.4 is 4.74 Å². The molecule has 0 atom stereocenters. The fourth-order valence-electron chi connectivity index (χ4n) is 1.95. The van der Waals surface area contributed by atoms with Gasteiger partial charge in [0.25, 0.3) is 0 Å². The smallest absolute Gasteiger partial charge is 0.212 e. The summed E-state index contributed by atoms with van der Waals surface area (Å²) < 4.78 is 5.54. The summed E-state index contributed by atoms with van der Waals surface area (Å²) in [5, 5.41) is 2.71. The molecule has 4 heteroatoms. The topological polar surface area (TPSA) is 39.2 Å². The van der Waals surface area contributed by atoms with Crippen LogP contribution in [0, 0.1) is 20.8 Å². The molecule has 0 unspecified atom stereocenters. The first-order chi connectivity index (χ1) is 9.02. The van der Waals surface area contributed by atoms with Gasteiger partial charge in [0.05, 0.1) is 11.6 Å². The van der Waals surface area contributed by atoms with Crippen molar-refractivity contribution in [1.82, 2.24) is 4.98 Å². The Morgan fingerprint density at radius 1 is 1.26 bits per heavy atom. The minimum Gasteiger partial charge on any atom is -0.494 e. The van der Waals surface area contributed by atoms with Gasteiger partial charge in [-0.3, -0.25) is 4.79 Å². The first-order valence-corrected chi connectivity index (χ1v) is 7.11. The highest BCUT2D eigenvalue weighted by Crippen LogP contribution is 2.25. The van der Waals surface area contributed by atoms with Crippen LogP contribution in [0.4, 0.5) is 0 Å². The molecule has 0 saturated heterocycles. The van der Waals surface area contributed by atoms with Crippen molar-refractivity contribution in [2.45, 2.75) is 27.7 Å². The second kappa shape index (κ2) is 5.53. The zero-order valence-corrected chi connectivity index (χ0v) is 12.4. The molecular weight excluding hydrogens is 258 g/mol. The number of carbonyl (C=O) groups is 1. The van der Waals surface area contributed by atoms with Crippen LogP contribution in [-0.2, 0) is 0 Å². The van der Waals surface area contributed by atoms with Crippen LogP contribution in [0.3, 0.4) is 0 Å². The van der Waals surface area contributed by atoms with Gasteiger partial charge < -0.3 is 4.74 Å². The molecule has 0 aliphatic carbocycles. The van der Waals surface area contributed by atoms with E-state index in [1.165, 1.54) is 11.3 Å².